The number of benzene rings is 1. The van der Waals surface area contributed by atoms with E-state index in [4.69, 9.17) is 4.74 Å². The molecule has 0 aliphatic carbocycles. The molecule has 1 heterocycles. The van der Waals surface area contributed by atoms with E-state index < -0.39 is 0 Å². The summed E-state index contributed by atoms with van der Waals surface area (Å²) in [6.07, 6.45) is 0. The van der Waals surface area contributed by atoms with Crippen molar-refractivity contribution >= 4 is 28.6 Å². The second-order valence-corrected chi connectivity index (χ2v) is 5.32. The molecule has 3 heteroatoms. The van der Waals surface area contributed by atoms with E-state index >= 15 is 0 Å². The van der Waals surface area contributed by atoms with Gasteiger partial charge in [-0.05, 0) is 0 Å². The van der Waals surface area contributed by atoms with Crippen LogP contribution < -0.4 is 4.74 Å². The van der Waals surface area contributed by atoms with Crippen molar-refractivity contribution in [2.45, 2.75) is 9.60 Å². The number of rotatable bonds is 0. The molecule has 0 fully saturated rings. The summed E-state index contributed by atoms with van der Waals surface area (Å²) < 4.78 is 6.22. The van der Waals surface area contributed by atoms with Crippen LogP contribution in [0.25, 0.3) is 0 Å². The van der Waals surface area contributed by atoms with Crippen molar-refractivity contribution in [3.05, 3.63) is 24.3 Å². The first-order chi connectivity index (χ1) is 5.86. The Labute approximate surface area is 85.4 Å². The Morgan fingerprint density at radius 2 is 2.25 bits per heavy atom. The van der Waals surface area contributed by atoms with Crippen LogP contribution in [0.1, 0.15) is 0 Å². The van der Waals surface area contributed by atoms with E-state index in [1.165, 1.54) is 4.90 Å². The van der Waals surface area contributed by atoms with E-state index in [0.717, 1.165) is 18.1 Å². The third-order valence-corrected chi connectivity index (χ3v) is 4.16. The first kappa shape index (κ1) is 8.52. The summed E-state index contributed by atoms with van der Waals surface area (Å²) in [4.78, 5) is 1.27. The van der Waals surface area contributed by atoms with E-state index in [-0.39, 0.29) is 0 Å². The number of fused-ring (bicyclic) bond motifs is 1. The van der Waals surface area contributed by atoms with Crippen LogP contribution in [-0.2, 0) is 0 Å². The van der Waals surface area contributed by atoms with Gasteiger partial charge in [0.1, 0.15) is 0 Å². The van der Waals surface area contributed by atoms with Crippen molar-refractivity contribution in [2.24, 2.45) is 0 Å². The molecule has 12 heavy (non-hydrogen) atoms. The predicted octanol–water partition coefficient (Wildman–Crippen LogP) is 2.13. The molecule has 0 saturated heterocycles. The first-order valence-electron chi connectivity index (χ1n) is 3.89. The van der Waals surface area contributed by atoms with Crippen LogP contribution in [0, 0.1) is 0 Å². The Kier molecular flexibility index (Phi) is 2.67. The summed E-state index contributed by atoms with van der Waals surface area (Å²) in [5, 5.41) is 0. The van der Waals surface area contributed by atoms with Gasteiger partial charge in [0, 0.05) is 0 Å². The van der Waals surface area contributed by atoms with Gasteiger partial charge in [-0.15, -0.1) is 0 Å². The Morgan fingerprint density at radius 1 is 1.42 bits per heavy atom. The molecule has 0 N–H and O–H groups in total. The van der Waals surface area contributed by atoms with Crippen LogP contribution in [0.15, 0.2) is 29.2 Å². The molecule has 0 saturated carbocycles. The van der Waals surface area contributed by atoms with Gasteiger partial charge in [0.15, 0.2) is 0 Å². The fourth-order valence-electron chi connectivity index (χ4n) is 1.11. The Morgan fingerprint density at radius 3 is 3.17 bits per heavy atom. The molecule has 2 rings (SSSR count). The van der Waals surface area contributed by atoms with Gasteiger partial charge in [0.05, 0.1) is 0 Å². The maximum atomic E-state index is 5.62. The molecule has 1 atom stereocenters. The quantitative estimate of drug-likeness (QED) is 0.642. The average molecular weight is 240 g/mol. The molecule has 1 aliphatic heterocycles. The first-order valence-corrected chi connectivity index (χ1v) is 5.96. The fourth-order valence-corrected chi connectivity index (χ4v) is 2.65. The monoisotopic (exact) mass is 240 g/mol. The van der Waals surface area contributed by atoms with Crippen LogP contribution in [0.3, 0.4) is 0 Å². The van der Waals surface area contributed by atoms with Crippen molar-refractivity contribution in [3.63, 3.8) is 0 Å². The molecule has 1 aromatic carbocycles. The molecule has 1 aliphatic rings. The Hall–Kier alpha value is -0.0716. The predicted molar refractivity (Wildman–Crippen MR) is 52.2 cm³/mol. The van der Waals surface area contributed by atoms with Gasteiger partial charge < -0.3 is 0 Å². The van der Waals surface area contributed by atoms with Crippen LogP contribution in [-0.4, -0.2) is 29.2 Å². The van der Waals surface area contributed by atoms with E-state index in [1.54, 1.807) is 0 Å². The van der Waals surface area contributed by atoms with Crippen molar-refractivity contribution < 1.29 is 4.74 Å². The molecular formula is C9H9AsOS. The minimum atomic E-state index is 0.592. The third kappa shape index (κ3) is 1.81. The zero-order valence-electron chi connectivity index (χ0n) is 6.56. The molecule has 0 amide bonds. The van der Waals surface area contributed by atoms with Gasteiger partial charge >= 0.3 is 85.3 Å². The maximum absolute atomic E-state index is 5.62. The molecule has 0 aromatic heterocycles. The van der Waals surface area contributed by atoms with Gasteiger partial charge in [-0.2, -0.15) is 0 Å². The normalized spacial score (nSPS) is 22.2. The molecule has 1 unspecified atom stereocenters. The number of thioether (sulfide) groups is 1. The van der Waals surface area contributed by atoms with Crippen molar-refractivity contribution in [1.29, 1.82) is 0 Å². The topological polar surface area (TPSA) is 9.23 Å². The molecular weight excluding hydrogens is 231 g/mol. The van der Waals surface area contributed by atoms with Crippen molar-refractivity contribution in [3.8, 4) is 5.75 Å². The molecule has 1 nitrogen and oxygen atoms in total. The van der Waals surface area contributed by atoms with E-state index in [9.17, 15) is 0 Å². The Bertz CT molecular complexity index is 250. The second-order valence-electron chi connectivity index (χ2n) is 2.72. The second kappa shape index (κ2) is 3.76. The molecule has 62 valence electrons. The van der Waals surface area contributed by atoms with E-state index in [1.807, 2.05) is 23.9 Å². The zero-order chi connectivity index (χ0) is 8.39. The summed E-state index contributed by atoms with van der Waals surface area (Å²) in [6.45, 7) is 0.823. The summed E-state index contributed by atoms with van der Waals surface area (Å²) in [5.41, 5.74) is 0. The zero-order valence-corrected chi connectivity index (χ0v) is 9.26. The van der Waals surface area contributed by atoms with Gasteiger partial charge in [-0.25, -0.2) is 0 Å². The summed E-state index contributed by atoms with van der Waals surface area (Å²) in [6, 6.07) is 8.22. The number of ether oxygens (including phenoxy) is 1. The summed E-state index contributed by atoms with van der Waals surface area (Å²) >= 11 is 4.54. The molecule has 2 radical (unpaired) electrons. The van der Waals surface area contributed by atoms with Gasteiger partial charge in [0.2, 0.25) is 0 Å². The average Bonchev–Trinajstić information content (AvgIpc) is 2.29. The molecule has 0 bridgehead atoms. The minimum absolute atomic E-state index is 0.592. The van der Waals surface area contributed by atoms with Crippen LogP contribution in [0.5, 0.6) is 5.75 Å². The van der Waals surface area contributed by atoms with Crippen LogP contribution >= 0.6 is 11.8 Å². The fraction of sp³-hybridized carbons (Fsp3) is 0.333. The summed E-state index contributed by atoms with van der Waals surface area (Å²) in [7, 11) is 0. The molecule has 0 spiro atoms. The van der Waals surface area contributed by atoms with Gasteiger partial charge in [-0.3, -0.25) is 0 Å². The summed E-state index contributed by atoms with van der Waals surface area (Å²) in [5.74, 6) is 2.17. The number of hydrogen-bond donors (Lipinski definition) is 0. The molecule has 1 aromatic rings. The van der Waals surface area contributed by atoms with Crippen LogP contribution in [0.4, 0.5) is 0 Å². The van der Waals surface area contributed by atoms with E-state index in [2.05, 4.69) is 29.0 Å². The van der Waals surface area contributed by atoms with Crippen molar-refractivity contribution in [2.75, 3.05) is 12.4 Å². The number of para-hydroxylation sites is 1. The SMILES string of the molecule is [As]C1COc2ccccc2SC1. The van der Waals surface area contributed by atoms with Crippen LogP contribution in [0.2, 0.25) is 4.71 Å². The third-order valence-electron chi connectivity index (χ3n) is 1.71. The van der Waals surface area contributed by atoms with Crippen molar-refractivity contribution in [1.82, 2.24) is 0 Å². The van der Waals surface area contributed by atoms with Gasteiger partial charge in [0.25, 0.3) is 0 Å². The standard InChI is InChI=1S/C9H9AsOS/c10-7-5-11-8-3-1-2-4-9(8)12-6-7/h1-4,7H,5-6H2. The number of hydrogen-bond acceptors (Lipinski definition) is 2. The van der Waals surface area contributed by atoms with Gasteiger partial charge in [-0.1, -0.05) is 0 Å². The Balaban J connectivity index is 2.26. The van der Waals surface area contributed by atoms with E-state index in [0.29, 0.717) is 4.71 Å².